The van der Waals surface area contributed by atoms with Crippen molar-refractivity contribution in [1.29, 1.82) is 0 Å². The van der Waals surface area contributed by atoms with Gasteiger partial charge in [-0.25, -0.2) is 9.18 Å². The molecule has 1 saturated heterocycles. The van der Waals surface area contributed by atoms with Crippen LogP contribution in [0.3, 0.4) is 0 Å². The molecule has 1 fully saturated rings. The number of hydrogen-bond acceptors (Lipinski definition) is 4. The molecular formula is C15H14FNO4S. The van der Waals surface area contributed by atoms with Crippen molar-refractivity contribution in [3.8, 4) is 0 Å². The molecule has 2 aromatic rings. The van der Waals surface area contributed by atoms with Gasteiger partial charge in [0.25, 0.3) is 5.91 Å². The van der Waals surface area contributed by atoms with Gasteiger partial charge in [0.1, 0.15) is 5.82 Å². The molecule has 1 aliphatic heterocycles. The summed E-state index contributed by atoms with van der Waals surface area (Å²) >= 11 is 1.28. The number of halogens is 1. The van der Waals surface area contributed by atoms with E-state index in [0.29, 0.717) is 10.3 Å². The van der Waals surface area contributed by atoms with Crippen molar-refractivity contribution in [3.05, 3.63) is 35.0 Å². The van der Waals surface area contributed by atoms with Crippen LogP contribution >= 0.6 is 11.3 Å². The zero-order valence-corrected chi connectivity index (χ0v) is 12.4. The average molecular weight is 323 g/mol. The Kier molecular flexibility index (Phi) is 3.62. The molecule has 0 saturated carbocycles. The van der Waals surface area contributed by atoms with Crippen molar-refractivity contribution in [2.45, 2.75) is 18.4 Å². The average Bonchev–Trinajstić information content (AvgIpc) is 2.90. The van der Waals surface area contributed by atoms with Crippen molar-refractivity contribution < 1.29 is 24.2 Å². The van der Waals surface area contributed by atoms with Crippen LogP contribution in [0.2, 0.25) is 0 Å². The molecule has 116 valence electrons. The molecule has 1 amide bonds. The van der Waals surface area contributed by atoms with Crippen LogP contribution in [0.1, 0.15) is 22.5 Å². The summed E-state index contributed by atoms with van der Waals surface area (Å²) in [5.74, 6) is -1.82. The van der Waals surface area contributed by atoms with Crippen molar-refractivity contribution in [1.82, 2.24) is 4.90 Å². The summed E-state index contributed by atoms with van der Waals surface area (Å²) in [6.07, 6.45) is 0.0151. The second-order valence-corrected chi connectivity index (χ2v) is 6.51. The molecule has 1 aromatic carbocycles. The number of aliphatic hydroxyl groups is 1. The number of carboxylic acids is 1. The third-order valence-corrected chi connectivity index (χ3v) is 5.07. The minimum Gasteiger partial charge on any atom is -0.479 e. The molecule has 2 N–H and O–H groups in total. The summed E-state index contributed by atoms with van der Waals surface area (Å²) in [5, 5.41) is 19.5. The van der Waals surface area contributed by atoms with E-state index in [2.05, 4.69) is 0 Å². The van der Waals surface area contributed by atoms with Gasteiger partial charge in [-0.05, 0) is 29.7 Å². The molecular weight excluding hydrogens is 309 g/mol. The predicted octanol–water partition coefficient (Wildman–Crippen LogP) is 2.09. The Balaban J connectivity index is 1.78. The predicted molar refractivity (Wildman–Crippen MR) is 79.5 cm³/mol. The van der Waals surface area contributed by atoms with Crippen LogP contribution in [-0.4, -0.2) is 45.7 Å². The Labute approximate surface area is 129 Å². The second-order valence-electron chi connectivity index (χ2n) is 5.42. The third-order valence-electron chi connectivity index (χ3n) is 3.97. The summed E-state index contributed by atoms with van der Waals surface area (Å²) in [6, 6.07) is 6.00. The van der Waals surface area contributed by atoms with Gasteiger partial charge >= 0.3 is 5.97 Å². The number of rotatable bonds is 2. The number of piperidine rings is 1. The zero-order valence-electron chi connectivity index (χ0n) is 11.6. The van der Waals surface area contributed by atoms with E-state index in [1.165, 1.54) is 28.4 Å². The van der Waals surface area contributed by atoms with Gasteiger partial charge in [0.15, 0.2) is 5.60 Å². The van der Waals surface area contributed by atoms with Gasteiger partial charge in [0, 0.05) is 30.6 Å². The maximum atomic E-state index is 13.2. The summed E-state index contributed by atoms with van der Waals surface area (Å²) in [5.41, 5.74) is -1.75. The van der Waals surface area contributed by atoms with Crippen LogP contribution in [0.4, 0.5) is 4.39 Å². The molecule has 2 heterocycles. The van der Waals surface area contributed by atoms with Crippen molar-refractivity contribution in [2.75, 3.05) is 13.1 Å². The first-order valence-electron chi connectivity index (χ1n) is 6.83. The number of thiophene rings is 1. The molecule has 0 radical (unpaired) electrons. The number of carboxylic acid groups (broad SMARTS) is 1. The van der Waals surface area contributed by atoms with E-state index >= 15 is 0 Å². The van der Waals surface area contributed by atoms with Gasteiger partial charge < -0.3 is 15.1 Å². The highest BCUT2D eigenvalue weighted by atomic mass is 32.1. The lowest BCUT2D eigenvalue weighted by Gasteiger charge is -2.35. The molecule has 22 heavy (non-hydrogen) atoms. The number of fused-ring (bicyclic) bond motifs is 1. The molecule has 0 atom stereocenters. The summed E-state index contributed by atoms with van der Waals surface area (Å²) < 4.78 is 14.0. The fourth-order valence-electron chi connectivity index (χ4n) is 2.57. The van der Waals surface area contributed by atoms with E-state index in [-0.39, 0.29) is 37.7 Å². The number of aliphatic carboxylic acids is 1. The summed E-state index contributed by atoms with van der Waals surface area (Å²) in [6.45, 7) is 0.370. The third kappa shape index (κ3) is 2.57. The van der Waals surface area contributed by atoms with Gasteiger partial charge in [-0.1, -0.05) is 0 Å². The van der Waals surface area contributed by atoms with Gasteiger partial charge in [0.2, 0.25) is 0 Å². The summed E-state index contributed by atoms with van der Waals surface area (Å²) in [7, 11) is 0. The van der Waals surface area contributed by atoms with Gasteiger partial charge in [0.05, 0.1) is 4.88 Å². The van der Waals surface area contributed by atoms with Gasteiger partial charge in [-0.2, -0.15) is 0 Å². The van der Waals surface area contributed by atoms with Crippen LogP contribution in [0.15, 0.2) is 24.3 Å². The lowest BCUT2D eigenvalue weighted by Crippen LogP contribution is -2.50. The van der Waals surface area contributed by atoms with Crippen molar-refractivity contribution in [3.63, 3.8) is 0 Å². The number of nitrogens with zero attached hydrogens (tertiary/aromatic N) is 1. The monoisotopic (exact) mass is 323 g/mol. The minimum absolute atomic E-state index is 0.00754. The fourth-order valence-corrected chi connectivity index (χ4v) is 3.58. The van der Waals surface area contributed by atoms with Gasteiger partial charge in [-0.15, -0.1) is 11.3 Å². The first kappa shape index (κ1) is 14.9. The minimum atomic E-state index is -1.75. The maximum absolute atomic E-state index is 13.2. The summed E-state index contributed by atoms with van der Waals surface area (Å²) in [4.78, 5) is 25.4. The van der Waals surface area contributed by atoms with Crippen LogP contribution in [0.25, 0.3) is 10.1 Å². The van der Waals surface area contributed by atoms with E-state index in [1.807, 2.05) is 0 Å². The number of hydrogen-bond donors (Lipinski definition) is 2. The number of carbonyl (C=O) groups excluding carboxylic acids is 1. The van der Waals surface area contributed by atoms with E-state index in [0.717, 1.165) is 4.70 Å². The highest BCUT2D eigenvalue weighted by Crippen LogP contribution is 2.29. The van der Waals surface area contributed by atoms with Crippen molar-refractivity contribution >= 4 is 33.3 Å². The topological polar surface area (TPSA) is 77.8 Å². The van der Waals surface area contributed by atoms with E-state index in [1.54, 1.807) is 12.1 Å². The van der Waals surface area contributed by atoms with E-state index < -0.39 is 11.6 Å². The quantitative estimate of drug-likeness (QED) is 0.887. The molecule has 1 aromatic heterocycles. The molecule has 0 unspecified atom stereocenters. The Morgan fingerprint density at radius 3 is 2.55 bits per heavy atom. The van der Waals surface area contributed by atoms with Crippen LogP contribution in [-0.2, 0) is 4.79 Å². The Morgan fingerprint density at radius 1 is 1.23 bits per heavy atom. The zero-order chi connectivity index (χ0) is 15.9. The maximum Gasteiger partial charge on any atom is 0.335 e. The molecule has 7 heteroatoms. The number of benzene rings is 1. The molecule has 5 nitrogen and oxygen atoms in total. The SMILES string of the molecule is O=C(c1cc2cc(F)ccc2s1)N1CCC(O)(C(=O)O)CC1. The van der Waals surface area contributed by atoms with Crippen LogP contribution in [0.5, 0.6) is 0 Å². The van der Waals surface area contributed by atoms with E-state index in [4.69, 9.17) is 5.11 Å². The molecule has 0 bridgehead atoms. The van der Waals surface area contributed by atoms with Crippen molar-refractivity contribution in [2.24, 2.45) is 0 Å². The molecule has 3 rings (SSSR count). The van der Waals surface area contributed by atoms with E-state index in [9.17, 15) is 19.1 Å². The standard InChI is InChI=1S/C15H14FNO4S/c16-10-1-2-11-9(7-10)8-12(22-11)13(18)17-5-3-15(21,4-6-17)14(19)20/h1-2,7-8,21H,3-6H2,(H,19,20). The number of likely N-dealkylation sites (tertiary alicyclic amines) is 1. The molecule has 1 aliphatic rings. The van der Waals surface area contributed by atoms with Crippen LogP contribution in [0, 0.1) is 5.82 Å². The Hall–Kier alpha value is -1.99. The molecule has 0 aliphatic carbocycles. The normalized spacial score (nSPS) is 17.6. The lowest BCUT2D eigenvalue weighted by atomic mass is 9.91. The Bertz CT molecular complexity index is 749. The lowest BCUT2D eigenvalue weighted by molar-refractivity contribution is -0.162. The molecule has 0 spiro atoms. The number of carbonyl (C=O) groups is 2. The van der Waals surface area contributed by atoms with Gasteiger partial charge in [-0.3, -0.25) is 4.79 Å². The first-order chi connectivity index (χ1) is 10.4. The van der Waals surface area contributed by atoms with Crippen LogP contribution < -0.4 is 0 Å². The first-order valence-corrected chi connectivity index (χ1v) is 7.65. The highest BCUT2D eigenvalue weighted by Gasteiger charge is 2.40. The Morgan fingerprint density at radius 2 is 1.91 bits per heavy atom. The second kappa shape index (κ2) is 5.33. The highest BCUT2D eigenvalue weighted by molar-refractivity contribution is 7.20. The smallest absolute Gasteiger partial charge is 0.335 e. The fraction of sp³-hybridized carbons (Fsp3) is 0.333. The number of amides is 1. The largest absolute Gasteiger partial charge is 0.479 e.